The first-order chi connectivity index (χ1) is 7.79. The average Bonchev–Trinajstić information content (AvgIpc) is 2.18. The number of amides is 1. The Bertz CT molecular complexity index is 412. The van der Waals surface area contributed by atoms with Crippen LogP contribution in [-0.4, -0.2) is 21.9 Å². The highest BCUT2D eigenvalue weighted by atomic mass is 16.6. The van der Waals surface area contributed by atoms with Gasteiger partial charge in [0.2, 0.25) is 0 Å². The summed E-state index contributed by atoms with van der Waals surface area (Å²) >= 11 is 0. The van der Waals surface area contributed by atoms with Crippen LogP contribution in [0.5, 0.6) is 11.5 Å². The largest absolute Gasteiger partial charge is 0.504 e. The van der Waals surface area contributed by atoms with Gasteiger partial charge in [0.1, 0.15) is 5.60 Å². The summed E-state index contributed by atoms with van der Waals surface area (Å²) in [6.07, 6.45) is -0.680. The van der Waals surface area contributed by atoms with Gasteiger partial charge in [-0.3, -0.25) is 5.43 Å². The molecular formula is C11H16N2O4. The summed E-state index contributed by atoms with van der Waals surface area (Å²) in [5.74, 6) is -0.621. The third-order valence-electron chi connectivity index (χ3n) is 1.71. The maximum Gasteiger partial charge on any atom is 0.426 e. The fraction of sp³-hybridized carbons (Fsp3) is 0.364. The van der Waals surface area contributed by atoms with Crippen molar-refractivity contribution in [3.63, 3.8) is 0 Å². The van der Waals surface area contributed by atoms with Gasteiger partial charge in [0.05, 0.1) is 5.69 Å². The Kier molecular flexibility index (Phi) is 3.67. The van der Waals surface area contributed by atoms with Gasteiger partial charge in [0, 0.05) is 0 Å². The van der Waals surface area contributed by atoms with Crippen LogP contribution in [0.2, 0.25) is 0 Å². The van der Waals surface area contributed by atoms with Crippen LogP contribution in [0.4, 0.5) is 10.5 Å². The normalized spacial score (nSPS) is 10.8. The van der Waals surface area contributed by atoms with Gasteiger partial charge >= 0.3 is 6.09 Å². The molecular weight excluding hydrogens is 224 g/mol. The Morgan fingerprint density at radius 1 is 1.29 bits per heavy atom. The van der Waals surface area contributed by atoms with Gasteiger partial charge in [-0.05, 0) is 32.9 Å². The maximum absolute atomic E-state index is 11.3. The molecule has 0 aliphatic rings. The van der Waals surface area contributed by atoms with Crippen LogP contribution in [0.3, 0.4) is 0 Å². The lowest BCUT2D eigenvalue weighted by Crippen LogP contribution is -2.35. The van der Waals surface area contributed by atoms with Crippen LogP contribution in [-0.2, 0) is 4.74 Å². The number of ether oxygens (including phenoxy) is 1. The third-order valence-corrected chi connectivity index (χ3v) is 1.71. The average molecular weight is 240 g/mol. The molecule has 0 aromatic heterocycles. The predicted molar refractivity (Wildman–Crippen MR) is 62.8 cm³/mol. The molecule has 0 saturated heterocycles. The number of anilines is 1. The molecule has 0 radical (unpaired) electrons. The lowest BCUT2D eigenvalue weighted by molar-refractivity contribution is 0.0541. The Morgan fingerprint density at radius 2 is 1.94 bits per heavy atom. The SMILES string of the molecule is CC(C)(C)OC(=O)NNc1cccc(O)c1O. The zero-order chi connectivity index (χ0) is 13.1. The summed E-state index contributed by atoms with van der Waals surface area (Å²) in [4.78, 5) is 11.3. The molecule has 0 unspecified atom stereocenters. The Balaban J connectivity index is 2.56. The standard InChI is InChI=1S/C11H16N2O4/c1-11(2,3)17-10(16)13-12-7-5-4-6-8(14)9(7)15/h4-6,12,14-15H,1-3H3,(H,13,16). The molecule has 0 aliphatic heterocycles. The highest BCUT2D eigenvalue weighted by Crippen LogP contribution is 2.31. The van der Waals surface area contributed by atoms with Crippen molar-refractivity contribution in [3.05, 3.63) is 18.2 Å². The van der Waals surface area contributed by atoms with E-state index in [1.165, 1.54) is 18.2 Å². The number of hydrazine groups is 1. The number of benzene rings is 1. The molecule has 1 amide bonds. The Labute approximate surface area is 99.2 Å². The summed E-state index contributed by atoms with van der Waals surface area (Å²) < 4.78 is 4.97. The van der Waals surface area contributed by atoms with Gasteiger partial charge < -0.3 is 14.9 Å². The number of carbonyl (C=O) groups excluding carboxylic acids is 1. The molecule has 0 spiro atoms. The molecule has 4 N–H and O–H groups in total. The second kappa shape index (κ2) is 4.82. The molecule has 1 aromatic rings. The smallest absolute Gasteiger partial charge is 0.426 e. The molecule has 17 heavy (non-hydrogen) atoms. The van der Waals surface area contributed by atoms with E-state index in [1.54, 1.807) is 20.8 Å². The minimum atomic E-state index is -0.680. The lowest BCUT2D eigenvalue weighted by atomic mass is 10.2. The summed E-state index contributed by atoms with van der Waals surface area (Å²) in [6.45, 7) is 5.20. The van der Waals surface area contributed by atoms with Crippen molar-refractivity contribution in [2.24, 2.45) is 0 Å². The molecule has 0 heterocycles. The first-order valence-corrected chi connectivity index (χ1v) is 5.05. The molecule has 0 fully saturated rings. The maximum atomic E-state index is 11.3. The molecule has 94 valence electrons. The fourth-order valence-corrected chi connectivity index (χ4v) is 1.05. The highest BCUT2D eigenvalue weighted by molar-refractivity contribution is 5.71. The summed E-state index contributed by atoms with van der Waals surface area (Å²) in [5.41, 5.74) is 4.26. The van der Waals surface area contributed by atoms with E-state index in [1.807, 2.05) is 0 Å². The van der Waals surface area contributed by atoms with Crippen molar-refractivity contribution in [2.45, 2.75) is 26.4 Å². The highest BCUT2D eigenvalue weighted by Gasteiger charge is 2.16. The van der Waals surface area contributed by atoms with Crippen LogP contribution in [0, 0.1) is 0 Å². The lowest BCUT2D eigenvalue weighted by Gasteiger charge is -2.20. The van der Waals surface area contributed by atoms with Gasteiger partial charge in [-0.2, -0.15) is 0 Å². The van der Waals surface area contributed by atoms with Crippen LogP contribution < -0.4 is 10.9 Å². The molecule has 1 rings (SSSR count). The second-order valence-electron chi connectivity index (χ2n) is 4.43. The van der Waals surface area contributed by atoms with Gasteiger partial charge in [-0.1, -0.05) is 6.07 Å². The van der Waals surface area contributed by atoms with E-state index in [2.05, 4.69) is 10.9 Å². The topological polar surface area (TPSA) is 90.8 Å². The summed E-state index contributed by atoms with van der Waals surface area (Å²) in [5, 5.41) is 18.7. The Hall–Kier alpha value is -2.11. The van der Waals surface area contributed by atoms with E-state index in [9.17, 15) is 15.0 Å². The van der Waals surface area contributed by atoms with E-state index in [0.29, 0.717) is 0 Å². The van der Waals surface area contributed by atoms with E-state index in [0.717, 1.165) is 0 Å². The number of carbonyl (C=O) groups is 1. The molecule has 1 aromatic carbocycles. The third kappa shape index (κ3) is 4.10. The second-order valence-corrected chi connectivity index (χ2v) is 4.43. The van der Waals surface area contributed by atoms with Gasteiger partial charge in [-0.15, -0.1) is 0 Å². The van der Waals surface area contributed by atoms with Crippen molar-refractivity contribution in [2.75, 3.05) is 5.43 Å². The minimum Gasteiger partial charge on any atom is -0.504 e. The van der Waals surface area contributed by atoms with Crippen molar-refractivity contribution in [1.82, 2.24) is 5.43 Å². The fourth-order valence-electron chi connectivity index (χ4n) is 1.05. The van der Waals surface area contributed by atoms with Crippen LogP contribution in [0.1, 0.15) is 20.8 Å². The number of hydrogen-bond acceptors (Lipinski definition) is 5. The molecule has 0 saturated carbocycles. The summed E-state index contributed by atoms with van der Waals surface area (Å²) in [7, 11) is 0. The minimum absolute atomic E-state index is 0.177. The van der Waals surface area contributed by atoms with Crippen LogP contribution >= 0.6 is 0 Å². The molecule has 6 nitrogen and oxygen atoms in total. The molecule has 0 atom stereocenters. The monoisotopic (exact) mass is 240 g/mol. The van der Waals surface area contributed by atoms with Crippen LogP contribution in [0.25, 0.3) is 0 Å². The van der Waals surface area contributed by atoms with Crippen molar-refractivity contribution in [3.8, 4) is 11.5 Å². The number of phenols is 2. The molecule has 6 heteroatoms. The van der Waals surface area contributed by atoms with Gasteiger partial charge in [-0.25, -0.2) is 10.2 Å². The van der Waals surface area contributed by atoms with Crippen molar-refractivity contribution >= 4 is 11.8 Å². The summed E-state index contributed by atoms with van der Waals surface area (Å²) in [6, 6.07) is 4.34. The van der Waals surface area contributed by atoms with E-state index in [-0.39, 0.29) is 17.2 Å². The quantitative estimate of drug-likeness (QED) is 0.468. The molecule has 0 aliphatic carbocycles. The number of nitrogens with one attached hydrogen (secondary N) is 2. The number of para-hydroxylation sites is 1. The van der Waals surface area contributed by atoms with Gasteiger partial charge in [0.25, 0.3) is 0 Å². The van der Waals surface area contributed by atoms with E-state index < -0.39 is 11.7 Å². The number of phenolic OH excluding ortho intramolecular Hbond substituents is 2. The zero-order valence-electron chi connectivity index (χ0n) is 9.94. The zero-order valence-corrected chi connectivity index (χ0v) is 9.94. The first-order valence-electron chi connectivity index (χ1n) is 5.05. The first kappa shape index (κ1) is 13.0. The number of hydrogen-bond donors (Lipinski definition) is 4. The molecule has 0 bridgehead atoms. The van der Waals surface area contributed by atoms with Gasteiger partial charge in [0.15, 0.2) is 11.5 Å². The van der Waals surface area contributed by atoms with Crippen LogP contribution in [0.15, 0.2) is 18.2 Å². The van der Waals surface area contributed by atoms with Crippen molar-refractivity contribution in [1.29, 1.82) is 0 Å². The number of aromatic hydroxyl groups is 2. The van der Waals surface area contributed by atoms with E-state index >= 15 is 0 Å². The number of rotatable bonds is 2. The van der Waals surface area contributed by atoms with E-state index in [4.69, 9.17) is 4.74 Å². The Morgan fingerprint density at radius 3 is 2.53 bits per heavy atom. The van der Waals surface area contributed by atoms with Crippen molar-refractivity contribution < 1.29 is 19.7 Å². The predicted octanol–water partition coefficient (Wildman–Crippen LogP) is 1.95.